The molecule has 0 amide bonds. The molecule has 0 fully saturated rings. The van der Waals surface area contributed by atoms with Crippen LogP contribution in [0.15, 0.2) is 0 Å². The van der Waals surface area contributed by atoms with Crippen molar-refractivity contribution >= 4 is 0 Å². The summed E-state index contributed by atoms with van der Waals surface area (Å²) in [6.07, 6.45) is 1.01. The van der Waals surface area contributed by atoms with Gasteiger partial charge in [-0.3, -0.25) is 0 Å². The maximum absolute atomic E-state index is 5.59. The Morgan fingerprint density at radius 2 is 1.69 bits per heavy atom. The quantitative estimate of drug-likeness (QED) is 0.587. The third-order valence-corrected chi connectivity index (χ3v) is 2.05. The number of nitrogens with two attached hydrogens (primary N) is 1. The lowest BCUT2D eigenvalue weighted by Gasteiger charge is -2.21. The molecule has 0 aromatic rings. The van der Waals surface area contributed by atoms with E-state index in [-0.39, 0.29) is 5.41 Å². The maximum atomic E-state index is 5.59. The van der Waals surface area contributed by atoms with Crippen molar-refractivity contribution in [3.63, 3.8) is 0 Å². The van der Waals surface area contributed by atoms with Gasteiger partial charge in [0.1, 0.15) is 0 Å². The molecule has 0 atom stereocenters. The third kappa shape index (κ3) is 8.22. The smallest absolute Gasteiger partial charge is 0.0700 e. The van der Waals surface area contributed by atoms with E-state index in [1.807, 2.05) is 6.92 Å². The molecule has 2 N–H and O–H groups in total. The van der Waals surface area contributed by atoms with Gasteiger partial charge in [-0.25, -0.2) is 0 Å². The van der Waals surface area contributed by atoms with E-state index >= 15 is 0 Å². The van der Waals surface area contributed by atoms with Crippen molar-refractivity contribution < 1.29 is 9.47 Å². The van der Waals surface area contributed by atoms with Crippen molar-refractivity contribution in [3.8, 4) is 0 Å². The first-order valence-electron chi connectivity index (χ1n) is 4.98. The van der Waals surface area contributed by atoms with Crippen molar-refractivity contribution in [1.82, 2.24) is 0 Å². The van der Waals surface area contributed by atoms with Gasteiger partial charge in [0.25, 0.3) is 0 Å². The lowest BCUT2D eigenvalue weighted by molar-refractivity contribution is 0.0423. The van der Waals surface area contributed by atoms with E-state index in [9.17, 15) is 0 Å². The SMILES string of the molecule is CCOCCOCCC(C)(C)CN. The van der Waals surface area contributed by atoms with Crippen LogP contribution in [-0.4, -0.2) is 33.0 Å². The van der Waals surface area contributed by atoms with E-state index in [1.165, 1.54) is 0 Å². The van der Waals surface area contributed by atoms with Gasteiger partial charge in [-0.15, -0.1) is 0 Å². The molecule has 0 aliphatic heterocycles. The molecule has 0 saturated heterocycles. The van der Waals surface area contributed by atoms with Crippen molar-refractivity contribution in [1.29, 1.82) is 0 Å². The van der Waals surface area contributed by atoms with Gasteiger partial charge in [0.15, 0.2) is 0 Å². The molecule has 3 heteroatoms. The molecule has 3 nitrogen and oxygen atoms in total. The lowest BCUT2D eigenvalue weighted by Crippen LogP contribution is -2.25. The highest BCUT2D eigenvalue weighted by Crippen LogP contribution is 2.17. The summed E-state index contributed by atoms with van der Waals surface area (Å²) in [5, 5.41) is 0. The molecule has 80 valence electrons. The van der Waals surface area contributed by atoms with Crippen LogP contribution in [0.2, 0.25) is 0 Å². The fraction of sp³-hybridized carbons (Fsp3) is 1.00. The van der Waals surface area contributed by atoms with Gasteiger partial charge >= 0.3 is 0 Å². The first-order valence-corrected chi connectivity index (χ1v) is 4.98. The Morgan fingerprint density at radius 1 is 1.08 bits per heavy atom. The van der Waals surface area contributed by atoms with Crippen LogP contribution in [0.1, 0.15) is 27.2 Å². The second kappa shape index (κ2) is 7.30. The van der Waals surface area contributed by atoms with Crippen molar-refractivity contribution in [3.05, 3.63) is 0 Å². The highest BCUT2D eigenvalue weighted by atomic mass is 16.5. The summed E-state index contributed by atoms with van der Waals surface area (Å²) in [4.78, 5) is 0. The molecule has 0 unspecified atom stereocenters. The van der Waals surface area contributed by atoms with E-state index in [2.05, 4.69) is 13.8 Å². The van der Waals surface area contributed by atoms with Crippen molar-refractivity contribution in [2.75, 3.05) is 33.0 Å². The first kappa shape index (κ1) is 12.9. The summed E-state index contributed by atoms with van der Waals surface area (Å²) in [7, 11) is 0. The lowest BCUT2D eigenvalue weighted by atomic mass is 9.90. The normalized spacial score (nSPS) is 12.0. The molecule has 0 saturated carbocycles. The number of ether oxygens (including phenoxy) is 2. The summed E-state index contributed by atoms with van der Waals surface area (Å²) in [6.45, 7) is 9.92. The molecule has 0 aromatic carbocycles. The minimum Gasteiger partial charge on any atom is -0.379 e. The Kier molecular flexibility index (Phi) is 7.23. The summed E-state index contributed by atoms with van der Waals surface area (Å²) < 4.78 is 10.5. The molecular formula is C10H23NO2. The first-order chi connectivity index (χ1) is 6.12. The fourth-order valence-electron chi connectivity index (χ4n) is 0.815. The van der Waals surface area contributed by atoms with Gasteiger partial charge in [0, 0.05) is 13.2 Å². The second-order valence-electron chi connectivity index (χ2n) is 3.93. The zero-order valence-electron chi connectivity index (χ0n) is 9.14. The van der Waals surface area contributed by atoms with Gasteiger partial charge < -0.3 is 15.2 Å². The Morgan fingerprint density at radius 3 is 2.23 bits per heavy atom. The number of rotatable bonds is 8. The van der Waals surface area contributed by atoms with E-state index in [1.54, 1.807) is 0 Å². The average Bonchev–Trinajstić information content (AvgIpc) is 2.11. The molecular weight excluding hydrogens is 166 g/mol. The maximum Gasteiger partial charge on any atom is 0.0700 e. The van der Waals surface area contributed by atoms with Crippen LogP contribution < -0.4 is 5.73 Å². The summed E-state index contributed by atoms with van der Waals surface area (Å²) in [5.74, 6) is 0. The average molecular weight is 189 g/mol. The topological polar surface area (TPSA) is 44.5 Å². The largest absolute Gasteiger partial charge is 0.379 e. The van der Waals surface area contributed by atoms with Crippen LogP contribution in [0.3, 0.4) is 0 Å². The molecule has 0 aromatic heterocycles. The molecule has 0 rings (SSSR count). The minimum atomic E-state index is 0.200. The summed E-state index contributed by atoms with van der Waals surface area (Å²) >= 11 is 0. The van der Waals surface area contributed by atoms with Gasteiger partial charge in [-0.05, 0) is 25.3 Å². The molecule has 0 aliphatic carbocycles. The highest BCUT2D eigenvalue weighted by molar-refractivity contribution is 4.68. The molecule has 0 spiro atoms. The third-order valence-electron chi connectivity index (χ3n) is 2.05. The number of hydrogen-bond acceptors (Lipinski definition) is 3. The van der Waals surface area contributed by atoms with Gasteiger partial charge in [-0.1, -0.05) is 13.8 Å². The second-order valence-corrected chi connectivity index (χ2v) is 3.93. The van der Waals surface area contributed by atoms with Gasteiger partial charge in [0.05, 0.1) is 13.2 Å². The Hall–Kier alpha value is -0.120. The Bertz CT molecular complexity index is 115. The van der Waals surface area contributed by atoms with Crippen LogP contribution in [0.25, 0.3) is 0 Å². The van der Waals surface area contributed by atoms with Crippen LogP contribution >= 0.6 is 0 Å². The zero-order valence-corrected chi connectivity index (χ0v) is 9.14. The van der Waals surface area contributed by atoms with E-state index in [4.69, 9.17) is 15.2 Å². The fourth-order valence-corrected chi connectivity index (χ4v) is 0.815. The summed E-state index contributed by atoms with van der Waals surface area (Å²) in [5.41, 5.74) is 5.79. The zero-order chi connectivity index (χ0) is 10.2. The standard InChI is InChI=1S/C10H23NO2/c1-4-12-7-8-13-6-5-10(2,3)9-11/h4-9,11H2,1-3H3. The summed E-state index contributed by atoms with van der Waals surface area (Å²) in [6, 6.07) is 0. The van der Waals surface area contributed by atoms with E-state index in [0.717, 1.165) is 19.6 Å². The van der Waals surface area contributed by atoms with E-state index in [0.29, 0.717) is 19.8 Å². The van der Waals surface area contributed by atoms with Crippen LogP contribution in [0, 0.1) is 5.41 Å². The molecule has 0 heterocycles. The predicted molar refractivity (Wildman–Crippen MR) is 54.8 cm³/mol. The monoisotopic (exact) mass is 189 g/mol. The van der Waals surface area contributed by atoms with Crippen molar-refractivity contribution in [2.24, 2.45) is 11.1 Å². The molecule has 0 aliphatic rings. The van der Waals surface area contributed by atoms with Crippen LogP contribution in [0.4, 0.5) is 0 Å². The minimum absolute atomic E-state index is 0.200. The Balaban J connectivity index is 3.16. The van der Waals surface area contributed by atoms with Gasteiger partial charge in [-0.2, -0.15) is 0 Å². The van der Waals surface area contributed by atoms with Crippen LogP contribution in [-0.2, 0) is 9.47 Å². The Labute approximate surface area is 81.6 Å². The molecule has 0 radical (unpaired) electrons. The van der Waals surface area contributed by atoms with Crippen molar-refractivity contribution in [2.45, 2.75) is 27.2 Å². The number of hydrogen-bond donors (Lipinski definition) is 1. The van der Waals surface area contributed by atoms with Crippen LogP contribution in [0.5, 0.6) is 0 Å². The van der Waals surface area contributed by atoms with Gasteiger partial charge in [0.2, 0.25) is 0 Å². The highest BCUT2D eigenvalue weighted by Gasteiger charge is 2.14. The molecule has 13 heavy (non-hydrogen) atoms. The predicted octanol–water partition coefficient (Wildman–Crippen LogP) is 1.41. The van der Waals surface area contributed by atoms with E-state index < -0.39 is 0 Å². The molecule has 0 bridgehead atoms.